The number of carbonyl (C=O) groups is 1. The lowest BCUT2D eigenvalue weighted by Crippen LogP contribution is -2.07. The van der Waals surface area contributed by atoms with Gasteiger partial charge in [0.25, 0.3) is 0 Å². The van der Waals surface area contributed by atoms with E-state index in [1.54, 1.807) is 6.08 Å². The van der Waals surface area contributed by atoms with E-state index in [2.05, 4.69) is 25.9 Å². The van der Waals surface area contributed by atoms with Crippen LogP contribution >= 0.6 is 0 Å². The molecule has 2 aromatic carbocycles. The number of nitrogens with one attached hydrogen (secondary N) is 3. The van der Waals surface area contributed by atoms with Gasteiger partial charge in [-0.1, -0.05) is 30.3 Å². The van der Waals surface area contributed by atoms with Gasteiger partial charge in [0, 0.05) is 30.1 Å². The van der Waals surface area contributed by atoms with Gasteiger partial charge in [-0.25, -0.2) is 9.97 Å². The molecule has 0 radical (unpaired) electrons. The van der Waals surface area contributed by atoms with Crippen LogP contribution in [0.1, 0.15) is 18.3 Å². The second kappa shape index (κ2) is 9.32. The fourth-order valence-corrected chi connectivity index (χ4v) is 2.61. The van der Waals surface area contributed by atoms with Gasteiger partial charge in [-0.15, -0.1) is 0 Å². The Labute approximate surface area is 164 Å². The number of anilines is 4. The molecule has 0 bridgehead atoms. The van der Waals surface area contributed by atoms with E-state index in [1.165, 1.54) is 6.08 Å². The molecule has 1 amide bonds. The van der Waals surface area contributed by atoms with Crippen LogP contribution in [0, 0.1) is 6.92 Å². The van der Waals surface area contributed by atoms with Crippen molar-refractivity contribution in [1.29, 1.82) is 0 Å². The van der Waals surface area contributed by atoms with Crippen molar-refractivity contribution in [3.8, 4) is 0 Å². The minimum Gasteiger partial charge on any atom is -0.370 e. The highest BCUT2D eigenvalue weighted by atomic mass is 16.1. The van der Waals surface area contributed by atoms with Crippen molar-refractivity contribution in [2.24, 2.45) is 0 Å². The first-order valence-electron chi connectivity index (χ1n) is 9.13. The second-order valence-electron chi connectivity index (χ2n) is 6.15. The fraction of sp³-hybridized carbons (Fsp3) is 0.136. The molecule has 0 aliphatic rings. The van der Waals surface area contributed by atoms with Crippen molar-refractivity contribution in [1.82, 2.24) is 9.97 Å². The zero-order valence-electron chi connectivity index (χ0n) is 15.9. The summed E-state index contributed by atoms with van der Waals surface area (Å²) < 4.78 is 0. The summed E-state index contributed by atoms with van der Waals surface area (Å²) >= 11 is 0. The van der Waals surface area contributed by atoms with Crippen molar-refractivity contribution in [2.75, 3.05) is 22.5 Å². The monoisotopic (exact) mass is 373 g/mol. The van der Waals surface area contributed by atoms with E-state index in [1.807, 2.05) is 74.5 Å². The summed E-state index contributed by atoms with van der Waals surface area (Å²) in [6, 6.07) is 19.0. The van der Waals surface area contributed by atoms with Crippen molar-refractivity contribution in [2.45, 2.75) is 13.8 Å². The topological polar surface area (TPSA) is 78.9 Å². The van der Waals surface area contributed by atoms with E-state index in [-0.39, 0.29) is 5.91 Å². The molecule has 0 atom stereocenters. The lowest BCUT2D eigenvalue weighted by Gasteiger charge is -2.10. The van der Waals surface area contributed by atoms with Crippen LogP contribution in [0.25, 0.3) is 6.08 Å². The van der Waals surface area contributed by atoms with Crippen LogP contribution in [0.3, 0.4) is 0 Å². The smallest absolute Gasteiger partial charge is 0.248 e. The number of aryl methyl sites for hydroxylation is 1. The summed E-state index contributed by atoms with van der Waals surface area (Å²) in [4.78, 5) is 20.8. The van der Waals surface area contributed by atoms with Gasteiger partial charge in [0.2, 0.25) is 5.91 Å². The maximum Gasteiger partial charge on any atom is 0.248 e. The third kappa shape index (κ3) is 5.67. The molecule has 6 heteroatoms. The van der Waals surface area contributed by atoms with Crippen LogP contribution in [0.4, 0.5) is 23.0 Å². The van der Waals surface area contributed by atoms with Gasteiger partial charge in [-0.3, -0.25) is 4.79 Å². The third-order valence-electron chi connectivity index (χ3n) is 3.85. The Morgan fingerprint density at radius 2 is 1.64 bits per heavy atom. The van der Waals surface area contributed by atoms with Crippen LogP contribution in [-0.4, -0.2) is 22.4 Å². The molecular weight excluding hydrogens is 350 g/mol. The molecule has 1 heterocycles. The van der Waals surface area contributed by atoms with Crippen molar-refractivity contribution in [3.05, 3.63) is 78.1 Å². The Balaban J connectivity index is 1.60. The summed E-state index contributed by atoms with van der Waals surface area (Å²) in [6.07, 6.45) is 3.30. The molecule has 3 aromatic rings. The highest BCUT2D eigenvalue weighted by Gasteiger charge is 2.03. The zero-order chi connectivity index (χ0) is 19.8. The first-order valence-corrected chi connectivity index (χ1v) is 9.13. The molecule has 0 fully saturated rings. The predicted molar refractivity (Wildman–Crippen MR) is 115 cm³/mol. The van der Waals surface area contributed by atoms with E-state index in [9.17, 15) is 4.79 Å². The minimum absolute atomic E-state index is 0.175. The molecule has 0 saturated carbocycles. The summed E-state index contributed by atoms with van der Waals surface area (Å²) in [5.41, 5.74) is 2.58. The van der Waals surface area contributed by atoms with Gasteiger partial charge >= 0.3 is 0 Å². The molecule has 0 unspecified atom stereocenters. The van der Waals surface area contributed by atoms with E-state index in [4.69, 9.17) is 0 Å². The third-order valence-corrected chi connectivity index (χ3v) is 3.85. The van der Waals surface area contributed by atoms with Crippen LogP contribution < -0.4 is 16.0 Å². The van der Waals surface area contributed by atoms with Crippen LogP contribution in [-0.2, 0) is 4.79 Å². The molecule has 1 aromatic heterocycles. The number of benzene rings is 2. The number of rotatable bonds is 7. The van der Waals surface area contributed by atoms with Crippen LogP contribution in [0.15, 0.2) is 66.7 Å². The van der Waals surface area contributed by atoms with E-state index >= 15 is 0 Å². The van der Waals surface area contributed by atoms with Gasteiger partial charge in [0.1, 0.15) is 17.5 Å². The lowest BCUT2D eigenvalue weighted by atomic mass is 10.2. The van der Waals surface area contributed by atoms with E-state index in [0.29, 0.717) is 11.6 Å². The number of hydrogen-bond acceptors (Lipinski definition) is 5. The van der Waals surface area contributed by atoms with Gasteiger partial charge in [0.15, 0.2) is 0 Å². The van der Waals surface area contributed by atoms with Crippen molar-refractivity contribution in [3.63, 3.8) is 0 Å². The number of amides is 1. The zero-order valence-corrected chi connectivity index (χ0v) is 15.9. The average molecular weight is 373 g/mol. The van der Waals surface area contributed by atoms with Crippen LogP contribution in [0.2, 0.25) is 0 Å². The van der Waals surface area contributed by atoms with Crippen LogP contribution in [0.5, 0.6) is 0 Å². The quantitative estimate of drug-likeness (QED) is 0.527. The molecule has 3 N–H and O–H groups in total. The normalized spacial score (nSPS) is 10.6. The van der Waals surface area contributed by atoms with Crippen molar-refractivity contribution < 1.29 is 4.79 Å². The molecule has 142 valence electrons. The minimum atomic E-state index is -0.175. The maximum absolute atomic E-state index is 12.1. The van der Waals surface area contributed by atoms with Gasteiger partial charge in [-0.05, 0) is 49.8 Å². The molecule has 3 rings (SSSR count). The maximum atomic E-state index is 12.1. The molecule has 28 heavy (non-hydrogen) atoms. The number of aromatic nitrogens is 2. The van der Waals surface area contributed by atoms with Gasteiger partial charge in [0.05, 0.1) is 0 Å². The number of carbonyl (C=O) groups excluding carboxylic acids is 1. The first kappa shape index (κ1) is 19.1. The summed E-state index contributed by atoms with van der Waals surface area (Å²) in [5.74, 6) is 2.01. The second-order valence-corrected chi connectivity index (χ2v) is 6.15. The summed E-state index contributed by atoms with van der Waals surface area (Å²) in [7, 11) is 0. The number of nitrogens with zero attached hydrogens (tertiary/aromatic N) is 2. The molecular formula is C22H23N5O. The molecule has 0 aliphatic heterocycles. The lowest BCUT2D eigenvalue weighted by molar-refractivity contribution is -0.111. The Morgan fingerprint density at radius 3 is 2.36 bits per heavy atom. The SMILES string of the molecule is CCNc1cc(Nc2ccc(NC(=O)/C=C/c3ccccc3)cc2)nc(C)n1. The largest absolute Gasteiger partial charge is 0.370 e. The Morgan fingerprint density at radius 1 is 0.964 bits per heavy atom. The summed E-state index contributed by atoms with van der Waals surface area (Å²) in [5, 5.41) is 9.29. The Bertz CT molecular complexity index is 952. The first-order chi connectivity index (χ1) is 13.6. The van der Waals surface area contributed by atoms with E-state index < -0.39 is 0 Å². The number of hydrogen-bond donors (Lipinski definition) is 3. The highest BCUT2D eigenvalue weighted by Crippen LogP contribution is 2.19. The Hall–Kier alpha value is -3.67. The van der Waals surface area contributed by atoms with Crippen molar-refractivity contribution >= 4 is 35.0 Å². The highest BCUT2D eigenvalue weighted by molar-refractivity contribution is 6.02. The van der Waals surface area contributed by atoms with Gasteiger partial charge < -0.3 is 16.0 Å². The van der Waals surface area contributed by atoms with Gasteiger partial charge in [-0.2, -0.15) is 0 Å². The average Bonchev–Trinajstić information content (AvgIpc) is 2.69. The standard InChI is InChI=1S/C22H23N5O/c1-3-23-20-15-21(25-16(2)24-20)26-18-10-12-19(13-11-18)27-22(28)14-9-17-7-5-4-6-8-17/h4-15H,3H2,1-2H3,(H,27,28)(H2,23,24,25,26)/b14-9+. The summed E-state index contributed by atoms with van der Waals surface area (Å²) in [6.45, 7) is 4.67. The predicted octanol–water partition coefficient (Wildman–Crippen LogP) is 4.61. The molecule has 6 nitrogen and oxygen atoms in total. The molecule has 0 saturated heterocycles. The van der Waals surface area contributed by atoms with E-state index in [0.717, 1.165) is 29.3 Å². The molecule has 0 spiro atoms. The Kier molecular flexibility index (Phi) is 6.36. The molecule has 0 aliphatic carbocycles. The fourth-order valence-electron chi connectivity index (χ4n) is 2.61.